The van der Waals surface area contributed by atoms with Gasteiger partial charge in [-0.25, -0.2) is 0 Å². The van der Waals surface area contributed by atoms with Crippen molar-refractivity contribution in [3.8, 4) is 11.5 Å². The van der Waals surface area contributed by atoms with Gasteiger partial charge in [0.05, 0.1) is 24.6 Å². The highest BCUT2D eigenvalue weighted by Gasteiger charge is 2.02. The zero-order chi connectivity index (χ0) is 17.4. The second-order valence-corrected chi connectivity index (χ2v) is 5.71. The third-order valence-electron chi connectivity index (χ3n) is 3.62. The van der Waals surface area contributed by atoms with E-state index in [0.29, 0.717) is 47.5 Å². The molecule has 24 heavy (non-hydrogen) atoms. The molecule has 0 aliphatic rings. The third-order valence-corrected chi connectivity index (χ3v) is 3.62. The molecule has 0 spiro atoms. The van der Waals surface area contributed by atoms with Crippen LogP contribution in [0.15, 0.2) is 36.4 Å². The van der Waals surface area contributed by atoms with Gasteiger partial charge in [0, 0.05) is 11.4 Å². The van der Waals surface area contributed by atoms with Gasteiger partial charge in [-0.05, 0) is 62.1 Å². The first-order chi connectivity index (χ1) is 11.6. The highest BCUT2D eigenvalue weighted by Crippen LogP contribution is 2.24. The average Bonchev–Trinajstić information content (AvgIpc) is 2.53. The first-order valence-corrected chi connectivity index (χ1v) is 8.12. The predicted octanol–water partition coefficient (Wildman–Crippen LogP) is 3.03. The first-order valence-electron chi connectivity index (χ1n) is 8.12. The van der Waals surface area contributed by atoms with E-state index in [0.717, 1.165) is 25.7 Å². The number of rotatable bonds is 9. The largest absolute Gasteiger partial charge is 0.491 e. The van der Waals surface area contributed by atoms with Gasteiger partial charge in [-0.2, -0.15) is 0 Å². The molecule has 0 saturated carbocycles. The van der Waals surface area contributed by atoms with E-state index in [2.05, 4.69) is 0 Å². The Bertz CT molecular complexity index is 604. The molecule has 0 heterocycles. The van der Waals surface area contributed by atoms with Gasteiger partial charge < -0.3 is 32.4 Å². The van der Waals surface area contributed by atoms with Crippen molar-refractivity contribution >= 4 is 22.7 Å². The van der Waals surface area contributed by atoms with Crippen molar-refractivity contribution in [2.75, 3.05) is 36.1 Å². The molecule has 0 amide bonds. The topological polar surface area (TPSA) is 123 Å². The Morgan fingerprint density at radius 3 is 1.38 bits per heavy atom. The molecule has 6 nitrogen and oxygen atoms in total. The summed E-state index contributed by atoms with van der Waals surface area (Å²) in [5.74, 6) is 1.37. The molecule has 0 atom stereocenters. The molecular formula is C18H26N4O2. The Kier molecular flexibility index (Phi) is 6.42. The molecule has 6 heteroatoms. The van der Waals surface area contributed by atoms with Gasteiger partial charge in [0.25, 0.3) is 0 Å². The van der Waals surface area contributed by atoms with Gasteiger partial charge in [0.1, 0.15) is 11.5 Å². The first kappa shape index (κ1) is 17.6. The van der Waals surface area contributed by atoms with Crippen LogP contribution in [0.1, 0.15) is 25.7 Å². The number of anilines is 4. The lowest BCUT2D eigenvalue weighted by atomic mass is 10.2. The minimum Gasteiger partial charge on any atom is -0.491 e. The molecule has 0 saturated heterocycles. The van der Waals surface area contributed by atoms with Crippen LogP contribution in [0.25, 0.3) is 0 Å². The van der Waals surface area contributed by atoms with E-state index >= 15 is 0 Å². The van der Waals surface area contributed by atoms with Crippen LogP contribution in [0.4, 0.5) is 22.7 Å². The highest BCUT2D eigenvalue weighted by molar-refractivity contribution is 5.61. The van der Waals surface area contributed by atoms with Crippen LogP contribution in [-0.2, 0) is 0 Å². The normalized spacial score (nSPS) is 10.5. The molecule has 0 aromatic heterocycles. The fourth-order valence-corrected chi connectivity index (χ4v) is 2.32. The fourth-order valence-electron chi connectivity index (χ4n) is 2.32. The van der Waals surface area contributed by atoms with E-state index in [-0.39, 0.29) is 0 Å². The van der Waals surface area contributed by atoms with E-state index < -0.39 is 0 Å². The lowest BCUT2D eigenvalue weighted by Gasteiger charge is -2.10. The number of benzene rings is 2. The molecule has 0 bridgehead atoms. The number of nitrogen functional groups attached to an aromatic ring is 4. The Hall–Kier alpha value is -2.76. The maximum atomic E-state index is 5.84. The lowest BCUT2D eigenvalue weighted by molar-refractivity contribution is 0.289. The number of hydrogen-bond acceptors (Lipinski definition) is 6. The second kappa shape index (κ2) is 8.76. The van der Waals surface area contributed by atoms with Gasteiger partial charge in [-0.15, -0.1) is 0 Å². The standard InChI is InChI=1S/C18H26N4O2/c19-13-5-7-17(15(21)11-13)23-9-3-1-2-4-10-24-18-8-6-14(20)12-16(18)22/h5-8,11-12H,1-4,9-10,19-22H2. The van der Waals surface area contributed by atoms with Crippen LogP contribution in [0.2, 0.25) is 0 Å². The number of hydrogen-bond donors (Lipinski definition) is 4. The maximum Gasteiger partial charge on any atom is 0.142 e. The van der Waals surface area contributed by atoms with Crippen molar-refractivity contribution in [2.24, 2.45) is 0 Å². The van der Waals surface area contributed by atoms with Crippen LogP contribution in [0, 0.1) is 0 Å². The number of ether oxygens (including phenoxy) is 2. The van der Waals surface area contributed by atoms with Gasteiger partial charge in [0.15, 0.2) is 0 Å². The zero-order valence-corrected chi connectivity index (χ0v) is 13.8. The summed E-state index contributed by atoms with van der Waals surface area (Å²) in [4.78, 5) is 0. The van der Waals surface area contributed by atoms with Crippen molar-refractivity contribution in [3.05, 3.63) is 36.4 Å². The molecule has 0 unspecified atom stereocenters. The summed E-state index contributed by atoms with van der Waals surface area (Å²) in [7, 11) is 0. The maximum absolute atomic E-state index is 5.84. The van der Waals surface area contributed by atoms with E-state index in [1.54, 1.807) is 36.4 Å². The molecule has 0 aliphatic heterocycles. The van der Waals surface area contributed by atoms with Crippen LogP contribution >= 0.6 is 0 Å². The molecular weight excluding hydrogens is 304 g/mol. The molecule has 8 N–H and O–H groups in total. The highest BCUT2D eigenvalue weighted by atomic mass is 16.5. The summed E-state index contributed by atoms with van der Waals surface area (Å²) in [5, 5.41) is 0. The van der Waals surface area contributed by atoms with Crippen molar-refractivity contribution in [2.45, 2.75) is 25.7 Å². The lowest BCUT2D eigenvalue weighted by Crippen LogP contribution is -2.03. The van der Waals surface area contributed by atoms with Crippen LogP contribution in [0.5, 0.6) is 11.5 Å². The van der Waals surface area contributed by atoms with Gasteiger partial charge in [-0.1, -0.05) is 0 Å². The minimum atomic E-state index is 0.574. The predicted molar refractivity (Wildman–Crippen MR) is 100.0 cm³/mol. The zero-order valence-electron chi connectivity index (χ0n) is 13.8. The van der Waals surface area contributed by atoms with Crippen LogP contribution in [-0.4, -0.2) is 13.2 Å². The Morgan fingerprint density at radius 1 is 0.583 bits per heavy atom. The molecule has 2 aromatic carbocycles. The van der Waals surface area contributed by atoms with E-state index in [1.165, 1.54) is 0 Å². The molecule has 2 rings (SSSR count). The fraction of sp³-hybridized carbons (Fsp3) is 0.333. The number of nitrogens with two attached hydrogens (primary N) is 4. The summed E-state index contributed by atoms with van der Waals surface area (Å²) >= 11 is 0. The molecule has 0 aliphatic carbocycles. The van der Waals surface area contributed by atoms with E-state index in [9.17, 15) is 0 Å². The molecule has 130 valence electrons. The minimum absolute atomic E-state index is 0.574. The van der Waals surface area contributed by atoms with Gasteiger partial charge >= 0.3 is 0 Å². The summed E-state index contributed by atoms with van der Waals surface area (Å²) in [5.41, 5.74) is 25.4. The summed E-state index contributed by atoms with van der Waals surface area (Å²) in [6, 6.07) is 10.6. The second-order valence-electron chi connectivity index (χ2n) is 5.71. The van der Waals surface area contributed by atoms with E-state index in [1.807, 2.05) is 0 Å². The third kappa shape index (κ3) is 5.46. The molecule has 0 radical (unpaired) electrons. The smallest absolute Gasteiger partial charge is 0.142 e. The SMILES string of the molecule is Nc1ccc(OCCCCCCOc2ccc(N)cc2N)c(N)c1. The Morgan fingerprint density at radius 2 is 1.00 bits per heavy atom. The van der Waals surface area contributed by atoms with Crippen molar-refractivity contribution in [1.29, 1.82) is 0 Å². The molecule has 0 fully saturated rings. The summed E-state index contributed by atoms with van der Waals surface area (Å²) in [6.45, 7) is 1.28. The van der Waals surface area contributed by atoms with Gasteiger partial charge in [0.2, 0.25) is 0 Å². The Balaban J connectivity index is 1.55. The summed E-state index contributed by atoms with van der Waals surface area (Å²) in [6.07, 6.45) is 4.06. The van der Waals surface area contributed by atoms with Crippen LogP contribution in [0.3, 0.4) is 0 Å². The Labute approximate surface area is 142 Å². The van der Waals surface area contributed by atoms with Crippen LogP contribution < -0.4 is 32.4 Å². The van der Waals surface area contributed by atoms with Crippen molar-refractivity contribution in [3.63, 3.8) is 0 Å². The van der Waals surface area contributed by atoms with Crippen molar-refractivity contribution < 1.29 is 9.47 Å². The molecule has 2 aromatic rings. The number of unbranched alkanes of at least 4 members (excludes halogenated alkanes) is 3. The summed E-state index contributed by atoms with van der Waals surface area (Å²) < 4.78 is 11.3. The van der Waals surface area contributed by atoms with Gasteiger partial charge in [-0.3, -0.25) is 0 Å². The van der Waals surface area contributed by atoms with Crippen molar-refractivity contribution in [1.82, 2.24) is 0 Å². The monoisotopic (exact) mass is 330 g/mol. The van der Waals surface area contributed by atoms with E-state index in [4.69, 9.17) is 32.4 Å². The quantitative estimate of drug-likeness (QED) is 0.414. The average molecular weight is 330 g/mol.